The van der Waals surface area contributed by atoms with E-state index in [9.17, 15) is 5.11 Å². The van der Waals surface area contributed by atoms with E-state index in [1.54, 1.807) is 24.3 Å². The molecule has 0 fully saturated rings. The van der Waals surface area contributed by atoms with Gasteiger partial charge in [-0.2, -0.15) is 0 Å². The number of hydrogen-bond acceptors (Lipinski definition) is 3. The van der Waals surface area contributed by atoms with Crippen molar-refractivity contribution >= 4 is 34.2 Å². The number of benzene rings is 2. The number of nitrogens with zero attached hydrogens (tertiary/aromatic N) is 1. The van der Waals surface area contributed by atoms with Gasteiger partial charge < -0.3 is 14.8 Å². The number of rotatable bonds is 2. The van der Waals surface area contributed by atoms with Crippen LogP contribution in [0, 0.1) is 0 Å². The summed E-state index contributed by atoms with van der Waals surface area (Å²) in [6.45, 7) is 0. The summed E-state index contributed by atoms with van der Waals surface area (Å²) in [6.07, 6.45) is 0. The van der Waals surface area contributed by atoms with Gasteiger partial charge in [0.05, 0.1) is 23.2 Å². The largest absolute Gasteiger partial charge is 0.503 e. The zero-order valence-electron chi connectivity index (χ0n) is 10.4. The molecule has 2 aromatic carbocycles. The molecule has 3 aromatic rings. The quantitative estimate of drug-likeness (QED) is 0.744. The molecular weight excluding hydrogens is 299 g/mol. The number of methoxy groups -OCH3 is 1. The van der Waals surface area contributed by atoms with Crippen molar-refractivity contribution in [3.8, 4) is 22.9 Å². The maximum Gasteiger partial charge on any atom is 0.176 e. The summed E-state index contributed by atoms with van der Waals surface area (Å²) in [5.41, 5.74) is 2.35. The number of phenols is 1. The van der Waals surface area contributed by atoms with Gasteiger partial charge in [0.2, 0.25) is 0 Å². The first-order valence-electron chi connectivity index (χ1n) is 5.80. The molecule has 4 nitrogen and oxygen atoms in total. The number of fused-ring (bicyclic) bond motifs is 1. The Kier molecular flexibility index (Phi) is 3.20. The Bertz CT molecular complexity index is 799. The lowest BCUT2D eigenvalue weighted by Crippen LogP contribution is -1.87. The van der Waals surface area contributed by atoms with Crippen molar-refractivity contribution in [1.82, 2.24) is 9.97 Å². The number of aromatic amines is 1. The highest BCUT2D eigenvalue weighted by Gasteiger charge is 2.13. The molecule has 0 aliphatic rings. The first-order valence-corrected chi connectivity index (χ1v) is 6.56. The van der Waals surface area contributed by atoms with Crippen molar-refractivity contribution < 1.29 is 9.84 Å². The van der Waals surface area contributed by atoms with Gasteiger partial charge in [-0.3, -0.25) is 0 Å². The summed E-state index contributed by atoms with van der Waals surface area (Å²) in [5, 5.41) is 10.6. The highest BCUT2D eigenvalue weighted by Crippen LogP contribution is 2.38. The van der Waals surface area contributed by atoms with Gasteiger partial charge >= 0.3 is 0 Å². The molecule has 0 saturated carbocycles. The Morgan fingerprint density at radius 2 is 2.00 bits per heavy atom. The van der Waals surface area contributed by atoms with Crippen molar-refractivity contribution in [3.63, 3.8) is 0 Å². The third-order valence-corrected chi connectivity index (χ3v) is 3.49. The van der Waals surface area contributed by atoms with Crippen LogP contribution in [-0.4, -0.2) is 22.2 Å². The number of nitrogens with one attached hydrogen (secondary N) is 1. The molecule has 2 N–H and O–H groups in total. The predicted octanol–water partition coefficient (Wildman–Crippen LogP) is 4.25. The third-order valence-electron chi connectivity index (χ3n) is 2.97. The molecule has 0 aliphatic heterocycles. The van der Waals surface area contributed by atoms with Gasteiger partial charge in [0.15, 0.2) is 11.5 Å². The molecule has 0 saturated heterocycles. The highest BCUT2D eigenvalue weighted by atomic mass is 35.5. The van der Waals surface area contributed by atoms with Crippen LogP contribution in [0.3, 0.4) is 0 Å². The lowest BCUT2D eigenvalue weighted by atomic mass is 10.2. The number of hydrogen-bond donors (Lipinski definition) is 2. The minimum Gasteiger partial charge on any atom is -0.503 e. The van der Waals surface area contributed by atoms with Crippen LogP contribution in [0.2, 0.25) is 10.0 Å². The molecule has 0 amide bonds. The van der Waals surface area contributed by atoms with E-state index in [1.807, 2.05) is 6.07 Å². The van der Waals surface area contributed by atoms with Crippen molar-refractivity contribution in [2.24, 2.45) is 0 Å². The molecule has 0 radical (unpaired) electrons. The molecule has 1 aromatic heterocycles. The summed E-state index contributed by atoms with van der Waals surface area (Å²) >= 11 is 11.9. The Morgan fingerprint density at radius 1 is 1.20 bits per heavy atom. The van der Waals surface area contributed by atoms with Gasteiger partial charge in [0.25, 0.3) is 0 Å². The number of aromatic nitrogens is 2. The van der Waals surface area contributed by atoms with E-state index in [4.69, 9.17) is 27.9 Å². The standard InChI is InChI=1S/C14H10Cl2N2O2/c1-20-12-5-7(4-9(16)13(12)19)14-17-10-3-2-8(15)6-11(10)18-14/h2-6,19H,1H3,(H,17,18). The van der Waals surface area contributed by atoms with Crippen LogP contribution >= 0.6 is 23.2 Å². The van der Waals surface area contributed by atoms with Crippen LogP contribution in [0.4, 0.5) is 0 Å². The van der Waals surface area contributed by atoms with Gasteiger partial charge in [-0.1, -0.05) is 23.2 Å². The molecule has 0 atom stereocenters. The van der Waals surface area contributed by atoms with E-state index in [2.05, 4.69) is 9.97 Å². The Hall–Kier alpha value is -1.91. The van der Waals surface area contributed by atoms with E-state index in [0.717, 1.165) is 16.6 Å². The molecule has 0 spiro atoms. The fourth-order valence-corrected chi connectivity index (χ4v) is 2.37. The van der Waals surface area contributed by atoms with Gasteiger partial charge in [-0.25, -0.2) is 4.98 Å². The maximum absolute atomic E-state index is 9.74. The van der Waals surface area contributed by atoms with Gasteiger partial charge in [-0.05, 0) is 30.3 Å². The zero-order chi connectivity index (χ0) is 14.3. The van der Waals surface area contributed by atoms with Crippen LogP contribution in [0.5, 0.6) is 11.5 Å². The molecule has 0 bridgehead atoms. The average Bonchev–Trinajstić information content (AvgIpc) is 2.84. The maximum atomic E-state index is 9.74. The minimum absolute atomic E-state index is 0.0860. The van der Waals surface area contributed by atoms with Crippen LogP contribution < -0.4 is 4.74 Å². The fraction of sp³-hybridized carbons (Fsp3) is 0.0714. The number of aromatic hydroxyl groups is 1. The number of H-pyrrole nitrogens is 1. The van der Waals surface area contributed by atoms with E-state index in [-0.39, 0.29) is 10.8 Å². The minimum atomic E-state index is -0.0860. The summed E-state index contributed by atoms with van der Waals surface area (Å²) in [7, 11) is 1.47. The van der Waals surface area contributed by atoms with Crippen LogP contribution in [-0.2, 0) is 0 Å². The van der Waals surface area contributed by atoms with E-state index >= 15 is 0 Å². The highest BCUT2D eigenvalue weighted by molar-refractivity contribution is 6.32. The van der Waals surface area contributed by atoms with Crippen LogP contribution in [0.1, 0.15) is 0 Å². The smallest absolute Gasteiger partial charge is 0.176 e. The van der Waals surface area contributed by atoms with Crippen molar-refractivity contribution in [3.05, 3.63) is 40.4 Å². The third kappa shape index (κ3) is 2.17. The molecule has 6 heteroatoms. The summed E-state index contributed by atoms with van der Waals surface area (Å²) in [6, 6.07) is 8.70. The summed E-state index contributed by atoms with van der Waals surface area (Å²) < 4.78 is 5.08. The number of halogens is 2. The summed E-state index contributed by atoms with van der Waals surface area (Å²) in [4.78, 5) is 7.62. The second-order valence-corrected chi connectivity index (χ2v) is 5.10. The first kappa shape index (κ1) is 13.1. The molecule has 0 unspecified atom stereocenters. The Morgan fingerprint density at radius 3 is 2.75 bits per heavy atom. The zero-order valence-corrected chi connectivity index (χ0v) is 12.0. The number of imidazole rings is 1. The lowest BCUT2D eigenvalue weighted by molar-refractivity contribution is 0.374. The SMILES string of the molecule is COc1cc(-c2nc3ccc(Cl)cc3[nH]2)cc(Cl)c1O. The van der Waals surface area contributed by atoms with E-state index in [0.29, 0.717) is 16.6 Å². The second-order valence-electron chi connectivity index (χ2n) is 4.26. The molecule has 3 rings (SSSR count). The van der Waals surface area contributed by atoms with E-state index < -0.39 is 0 Å². The number of phenolic OH excluding ortho intramolecular Hbond substituents is 1. The molecule has 1 heterocycles. The molecule has 0 aliphatic carbocycles. The second kappa shape index (κ2) is 4.89. The van der Waals surface area contributed by atoms with Crippen molar-refractivity contribution in [1.29, 1.82) is 0 Å². The van der Waals surface area contributed by atoms with Gasteiger partial charge in [0, 0.05) is 10.6 Å². The monoisotopic (exact) mass is 308 g/mol. The average molecular weight is 309 g/mol. The van der Waals surface area contributed by atoms with Gasteiger partial charge in [-0.15, -0.1) is 0 Å². The normalized spacial score (nSPS) is 10.9. The predicted molar refractivity (Wildman–Crippen MR) is 79.8 cm³/mol. The van der Waals surface area contributed by atoms with Crippen LogP contribution in [0.25, 0.3) is 22.4 Å². The van der Waals surface area contributed by atoms with E-state index in [1.165, 1.54) is 7.11 Å². The fourth-order valence-electron chi connectivity index (χ4n) is 1.98. The van der Waals surface area contributed by atoms with Crippen molar-refractivity contribution in [2.45, 2.75) is 0 Å². The Balaban J connectivity index is 2.17. The molecule has 102 valence electrons. The first-order chi connectivity index (χ1) is 9.58. The number of ether oxygens (including phenoxy) is 1. The Labute approximate surface area is 124 Å². The molecular formula is C14H10Cl2N2O2. The summed E-state index contributed by atoms with van der Waals surface area (Å²) in [5.74, 6) is 0.838. The molecule has 20 heavy (non-hydrogen) atoms. The van der Waals surface area contributed by atoms with Crippen LogP contribution in [0.15, 0.2) is 30.3 Å². The van der Waals surface area contributed by atoms with Gasteiger partial charge in [0.1, 0.15) is 5.82 Å². The lowest BCUT2D eigenvalue weighted by Gasteiger charge is -2.07. The topological polar surface area (TPSA) is 58.1 Å². The van der Waals surface area contributed by atoms with Crippen molar-refractivity contribution in [2.75, 3.05) is 7.11 Å².